The lowest BCUT2D eigenvalue weighted by Crippen LogP contribution is -2.00. The molecule has 2 rings (SSSR count). The Morgan fingerprint density at radius 1 is 1.40 bits per heavy atom. The van der Waals surface area contributed by atoms with Crippen LogP contribution in [-0.2, 0) is 7.05 Å². The monoisotopic (exact) mass is 206 g/mol. The van der Waals surface area contributed by atoms with Gasteiger partial charge in [0.15, 0.2) is 5.82 Å². The number of nitrogen functional groups attached to an aromatic ring is 1. The van der Waals surface area contributed by atoms with E-state index in [4.69, 9.17) is 5.73 Å². The first kappa shape index (κ1) is 9.64. The Labute approximate surface area is 86.6 Å². The van der Waals surface area contributed by atoms with Gasteiger partial charge in [0.1, 0.15) is 5.69 Å². The number of rotatable bonds is 1. The van der Waals surface area contributed by atoms with Gasteiger partial charge >= 0.3 is 0 Å². The van der Waals surface area contributed by atoms with Crippen LogP contribution in [0.3, 0.4) is 0 Å². The second-order valence-electron chi connectivity index (χ2n) is 3.40. The Morgan fingerprint density at radius 3 is 2.67 bits per heavy atom. The fourth-order valence-electron chi connectivity index (χ4n) is 1.51. The molecule has 2 N–H and O–H groups in total. The van der Waals surface area contributed by atoms with Crippen LogP contribution in [0.25, 0.3) is 11.4 Å². The molecule has 0 atom stereocenters. The molecule has 0 bridgehead atoms. The van der Waals surface area contributed by atoms with Gasteiger partial charge in [0.05, 0.1) is 23.8 Å². The molecule has 2 aromatic rings. The van der Waals surface area contributed by atoms with Gasteiger partial charge in [-0.2, -0.15) is 5.10 Å². The summed E-state index contributed by atoms with van der Waals surface area (Å²) in [6, 6.07) is 1.26. The minimum atomic E-state index is -0.429. The zero-order valence-corrected chi connectivity index (χ0v) is 8.53. The summed E-state index contributed by atoms with van der Waals surface area (Å²) in [5.74, 6) is -0.429. The van der Waals surface area contributed by atoms with Crippen LogP contribution in [0, 0.1) is 12.7 Å². The highest BCUT2D eigenvalue weighted by Gasteiger charge is 2.13. The van der Waals surface area contributed by atoms with Gasteiger partial charge < -0.3 is 5.73 Å². The van der Waals surface area contributed by atoms with E-state index in [0.717, 1.165) is 5.56 Å². The number of aryl methyl sites for hydroxylation is 2. The summed E-state index contributed by atoms with van der Waals surface area (Å²) in [4.78, 5) is 3.98. The highest BCUT2D eigenvalue weighted by atomic mass is 19.1. The highest BCUT2D eigenvalue weighted by Crippen LogP contribution is 2.23. The molecule has 0 aliphatic heterocycles. The minimum Gasteiger partial charge on any atom is -0.397 e. The predicted octanol–water partition coefficient (Wildman–Crippen LogP) is 1.51. The third-order valence-corrected chi connectivity index (χ3v) is 2.21. The minimum absolute atomic E-state index is 0.279. The van der Waals surface area contributed by atoms with Crippen molar-refractivity contribution in [3.8, 4) is 11.4 Å². The van der Waals surface area contributed by atoms with E-state index in [1.165, 1.54) is 12.3 Å². The van der Waals surface area contributed by atoms with Crippen LogP contribution in [0.2, 0.25) is 0 Å². The highest BCUT2D eigenvalue weighted by molar-refractivity contribution is 5.61. The summed E-state index contributed by atoms with van der Waals surface area (Å²) in [7, 11) is 1.75. The number of halogens is 1. The van der Waals surface area contributed by atoms with Gasteiger partial charge in [-0.05, 0) is 12.5 Å². The van der Waals surface area contributed by atoms with E-state index in [0.29, 0.717) is 11.4 Å². The van der Waals surface area contributed by atoms with Gasteiger partial charge in [-0.25, -0.2) is 9.37 Å². The molecule has 0 fully saturated rings. The van der Waals surface area contributed by atoms with Gasteiger partial charge in [-0.15, -0.1) is 0 Å². The van der Waals surface area contributed by atoms with Crippen LogP contribution in [-0.4, -0.2) is 14.8 Å². The lowest BCUT2D eigenvalue weighted by Gasteiger charge is -2.04. The molecule has 4 nitrogen and oxygen atoms in total. The Morgan fingerprint density at radius 2 is 2.13 bits per heavy atom. The van der Waals surface area contributed by atoms with Crippen molar-refractivity contribution in [3.63, 3.8) is 0 Å². The molecule has 0 unspecified atom stereocenters. The maximum Gasteiger partial charge on any atom is 0.153 e. The van der Waals surface area contributed by atoms with Crippen LogP contribution in [0.1, 0.15) is 5.56 Å². The second kappa shape index (κ2) is 3.34. The maximum atomic E-state index is 13.6. The summed E-state index contributed by atoms with van der Waals surface area (Å²) in [6.07, 6.45) is 3.11. The van der Waals surface area contributed by atoms with Crippen molar-refractivity contribution in [1.82, 2.24) is 14.8 Å². The second-order valence-corrected chi connectivity index (χ2v) is 3.40. The topological polar surface area (TPSA) is 56.7 Å². The predicted molar refractivity (Wildman–Crippen MR) is 55.5 cm³/mol. The lowest BCUT2D eigenvalue weighted by molar-refractivity contribution is 0.622. The SMILES string of the molecule is Cc1cnn(C)c1-c1ncc(N)cc1F. The zero-order valence-electron chi connectivity index (χ0n) is 8.53. The molecular formula is C10H11FN4. The van der Waals surface area contributed by atoms with E-state index in [2.05, 4.69) is 10.1 Å². The molecule has 0 saturated heterocycles. The van der Waals surface area contributed by atoms with Crippen LogP contribution < -0.4 is 5.73 Å². The molecule has 5 heteroatoms. The molecule has 0 aliphatic rings. The lowest BCUT2D eigenvalue weighted by atomic mass is 10.2. The van der Waals surface area contributed by atoms with Crippen LogP contribution in [0.15, 0.2) is 18.5 Å². The number of anilines is 1. The van der Waals surface area contributed by atoms with E-state index in [9.17, 15) is 4.39 Å². The molecule has 0 aromatic carbocycles. The molecule has 0 radical (unpaired) electrons. The number of hydrogen-bond acceptors (Lipinski definition) is 3. The molecule has 0 spiro atoms. The molecule has 0 saturated carbocycles. The van der Waals surface area contributed by atoms with Gasteiger partial charge in [0.2, 0.25) is 0 Å². The first-order valence-corrected chi connectivity index (χ1v) is 4.49. The third kappa shape index (κ3) is 1.56. The van der Waals surface area contributed by atoms with Crippen molar-refractivity contribution in [2.45, 2.75) is 6.92 Å². The number of aromatic nitrogens is 3. The quantitative estimate of drug-likeness (QED) is 0.769. The van der Waals surface area contributed by atoms with Crippen molar-refractivity contribution in [2.24, 2.45) is 7.05 Å². The number of nitrogens with two attached hydrogens (primary N) is 1. The third-order valence-electron chi connectivity index (χ3n) is 2.21. The molecule has 0 amide bonds. The average molecular weight is 206 g/mol. The first-order chi connectivity index (χ1) is 7.09. The molecule has 2 aromatic heterocycles. The van der Waals surface area contributed by atoms with Crippen molar-refractivity contribution in [1.29, 1.82) is 0 Å². The summed E-state index contributed by atoms with van der Waals surface area (Å²) < 4.78 is 15.2. The summed E-state index contributed by atoms with van der Waals surface area (Å²) in [5, 5.41) is 4.03. The Balaban J connectivity index is 2.64. The van der Waals surface area contributed by atoms with Crippen LogP contribution in [0.4, 0.5) is 10.1 Å². The Hall–Kier alpha value is -1.91. The molecule has 78 valence electrons. The number of pyridine rings is 1. The van der Waals surface area contributed by atoms with E-state index >= 15 is 0 Å². The largest absolute Gasteiger partial charge is 0.397 e. The molecule has 15 heavy (non-hydrogen) atoms. The van der Waals surface area contributed by atoms with Crippen molar-refractivity contribution >= 4 is 5.69 Å². The van der Waals surface area contributed by atoms with E-state index < -0.39 is 5.82 Å². The van der Waals surface area contributed by atoms with E-state index in [1.807, 2.05) is 6.92 Å². The Bertz CT molecular complexity index is 485. The van der Waals surface area contributed by atoms with Crippen LogP contribution in [0.5, 0.6) is 0 Å². The number of hydrogen-bond donors (Lipinski definition) is 1. The van der Waals surface area contributed by atoms with Crippen LogP contribution >= 0.6 is 0 Å². The van der Waals surface area contributed by atoms with Gasteiger partial charge in [-0.1, -0.05) is 0 Å². The molecule has 2 heterocycles. The maximum absolute atomic E-state index is 13.6. The van der Waals surface area contributed by atoms with Crippen molar-refractivity contribution in [3.05, 3.63) is 29.8 Å². The summed E-state index contributed by atoms with van der Waals surface area (Å²) in [6.45, 7) is 1.86. The Kier molecular flexibility index (Phi) is 2.15. The summed E-state index contributed by atoms with van der Waals surface area (Å²) >= 11 is 0. The molecule has 0 aliphatic carbocycles. The normalized spacial score (nSPS) is 10.6. The van der Waals surface area contributed by atoms with Crippen molar-refractivity contribution < 1.29 is 4.39 Å². The van der Waals surface area contributed by atoms with Crippen molar-refractivity contribution in [2.75, 3.05) is 5.73 Å². The fourth-order valence-corrected chi connectivity index (χ4v) is 1.51. The standard InChI is InChI=1S/C10H11FN4/c1-6-4-14-15(2)10(6)9-8(11)3-7(12)5-13-9/h3-5H,12H2,1-2H3. The van der Waals surface area contributed by atoms with Gasteiger partial charge in [0, 0.05) is 13.1 Å². The van der Waals surface area contributed by atoms with E-state index in [-0.39, 0.29) is 5.69 Å². The summed E-state index contributed by atoms with van der Waals surface area (Å²) in [5.41, 5.74) is 7.58. The zero-order chi connectivity index (χ0) is 11.0. The average Bonchev–Trinajstić information content (AvgIpc) is 2.48. The van der Waals surface area contributed by atoms with Gasteiger partial charge in [0.25, 0.3) is 0 Å². The molecular weight excluding hydrogens is 195 g/mol. The first-order valence-electron chi connectivity index (χ1n) is 4.49. The van der Waals surface area contributed by atoms with Gasteiger partial charge in [-0.3, -0.25) is 4.68 Å². The fraction of sp³-hybridized carbons (Fsp3) is 0.200. The van der Waals surface area contributed by atoms with E-state index in [1.54, 1.807) is 17.9 Å². The number of nitrogens with zero attached hydrogens (tertiary/aromatic N) is 3. The smallest absolute Gasteiger partial charge is 0.153 e.